The van der Waals surface area contributed by atoms with Gasteiger partial charge in [-0.25, -0.2) is 0 Å². The Hall–Kier alpha value is -2.62. The number of amides is 1. The monoisotopic (exact) mass is 323 g/mol. The van der Waals surface area contributed by atoms with E-state index in [0.717, 1.165) is 11.1 Å². The standard InChI is InChI=1S/C20H21NO3/c1-2-24-19(23)20(13-15-9-5-3-6-10-15)17(14-21-18(20)22)16-11-7-4-8-12-16/h3-12,17H,2,13-14H2,1H3,(H,21,22)/t17-,20-/m1/s1. The number of carbonyl (C=O) groups excluding carboxylic acids is 2. The summed E-state index contributed by atoms with van der Waals surface area (Å²) in [4.78, 5) is 25.7. The van der Waals surface area contributed by atoms with E-state index < -0.39 is 11.4 Å². The van der Waals surface area contributed by atoms with Crippen molar-refractivity contribution in [2.24, 2.45) is 5.41 Å². The second-order valence-corrected chi connectivity index (χ2v) is 6.03. The number of nitrogens with one attached hydrogen (secondary N) is 1. The van der Waals surface area contributed by atoms with E-state index in [1.165, 1.54) is 0 Å². The molecule has 0 aliphatic carbocycles. The molecule has 1 amide bonds. The lowest BCUT2D eigenvalue weighted by atomic mass is 9.70. The quantitative estimate of drug-likeness (QED) is 0.680. The van der Waals surface area contributed by atoms with Crippen molar-refractivity contribution in [3.63, 3.8) is 0 Å². The van der Waals surface area contributed by atoms with Crippen LogP contribution in [0.25, 0.3) is 0 Å². The number of esters is 1. The summed E-state index contributed by atoms with van der Waals surface area (Å²) in [5.74, 6) is -0.943. The van der Waals surface area contributed by atoms with Gasteiger partial charge in [-0.2, -0.15) is 0 Å². The van der Waals surface area contributed by atoms with Gasteiger partial charge in [0, 0.05) is 12.5 Å². The highest BCUT2D eigenvalue weighted by Crippen LogP contribution is 2.44. The molecule has 124 valence electrons. The molecule has 1 fully saturated rings. The summed E-state index contributed by atoms with van der Waals surface area (Å²) in [7, 11) is 0. The Kier molecular flexibility index (Phi) is 4.65. The third kappa shape index (κ3) is 2.80. The molecule has 2 atom stereocenters. The first-order valence-electron chi connectivity index (χ1n) is 8.23. The Morgan fingerprint density at radius 2 is 1.75 bits per heavy atom. The fraction of sp³-hybridized carbons (Fsp3) is 0.300. The van der Waals surface area contributed by atoms with E-state index in [9.17, 15) is 9.59 Å². The zero-order valence-electron chi connectivity index (χ0n) is 13.7. The zero-order valence-corrected chi connectivity index (χ0v) is 13.7. The SMILES string of the molecule is CCOC(=O)[C@@]1(Cc2ccccc2)C(=O)NC[C@@H]1c1ccccc1. The molecule has 3 rings (SSSR count). The van der Waals surface area contributed by atoms with Crippen LogP contribution in [0.5, 0.6) is 0 Å². The Balaban J connectivity index is 2.07. The molecule has 0 aromatic heterocycles. The number of carbonyl (C=O) groups is 2. The fourth-order valence-corrected chi connectivity index (χ4v) is 3.46. The average molecular weight is 323 g/mol. The molecule has 1 N–H and O–H groups in total. The molecule has 2 aromatic rings. The predicted molar refractivity (Wildman–Crippen MR) is 91.4 cm³/mol. The molecule has 1 aliphatic heterocycles. The van der Waals surface area contributed by atoms with Crippen LogP contribution in [0.1, 0.15) is 24.0 Å². The van der Waals surface area contributed by atoms with Crippen LogP contribution >= 0.6 is 0 Å². The normalized spacial score (nSPS) is 22.9. The van der Waals surface area contributed by atoms with Gasteiger partial charge in [-0.3, -0.25) is 9.59 Å². The van der Waals surface area contributed by atoms with Gasteiger partial charge in [0.1, 0.15) is 0 Å². The predicted octanol–water partition coefficient (Wildman–Crippen LogP) is 2.69. The Morgan fingerprint density at radius 1 is 1.12 bits per heavy atom. The lowest BCUT2D eigenvalue weighted by Crippen LogP contribution is -2.45. The van der Waals surface area contributed by atoms with Crippen LogP contribution in [0.4, 0.5) is 0 Å². The van der Waals surface area contributed by atoms with E-state index in [1.807, 2.05) is 60.7 Å². The number of rotatable bonds is 5. The maximum Gasteiger partial charge on any atom is 0.322 e. The summed E-state index contributed by atoms with van der Waals surface area (Å²) in [6.45, 7) is 2.46. The Bertz CT molecular complexity index is 714. The molecule has 2 aromatic carbocycles. The second kappa shape index (κ2) is 6.87. The lowest BCUT2D eigenvalue weighted by Gasteiger charge is -2.30. The van der Waals surface area contributed by atoms with Crippen LogP contribution in [-0.2, 0) is 20.7 Å². The van der Waals surface area contributed by atoms with E-state index in [4.69, 9.17) is 4.74 Å². The highest BCUT2D eigenvalue weighted by molar-refractivity contribution is 6.06. The van der Waals surface area contributed by atoms with Gasteiger partial charge in [0.05, 0.1) is 6.61 Å². The summed E-state index contributed by atoms with van der Waals surface area (Å²) in [6, 6.07) is 19.3. The summed E-state index contributed by atoms with van der Waals surface area (Å²) < 4.78 is 5.32. The maximum absolute atomic E-state index is 12.9. The third-order valence-corrected chi connectivity index (χ3v) is 4.63. The molecule has 0 unspecified atom stereocenters. The molecule has 24 heavy (non-hydrogen) atoms. The van der Waals surface area contributed by atoms with E-state index in [1.54, 1.807) is 6.92 Å². The van der Waals surface area contributed by atoms with Crippen LogP contribution in [-0.4, -0.2) is 25.0 Å². The summed E-state index contributed by atoms with van der Waals surface area (Å²) in [5.41, 5.74) is 0.696. The van der Waals surface area contributed by atoms with E-state index in [0.29, 0.717) is 13.0 Å². The first kappa shape index (κ1) is 16.2. The average Bonchev–Trinajstić information content (AvgIpc) is 2.94. The van der Waals surface area contributed by atoms with E-state index >= 15 is 0 Å². The molecular weight excluding hydrogens is 302 g/mol. The van der Waals surface area contributed by atoms with Crippen molar-refractivity contribution in [3.8, 4) is 0 Å². The van der Waals surface area contributed by atoms with Crippen molar-refractivity contribution in [1.82, 2.24) is 5.32 Å². The molecule has 1 saturated heterocycles. The summed E-state index contributed by atoms with van der Waals surface area (Å²) in [5, 5.41) is 2.88. The summed E-state index contributed by atoms with van der Waals surface area (Å²) >= 11 is 0. The van der Waals surface area contributed by atoms with Gasteiger partial charge in [-0.05, 0) is 24.5 Å². The lowest BCUT2D eigenvalue weighted by molar-refractivity contribution is -0.160. The summed E-state index contributed by atoms with van der Waals surface area (Å²) in [6.07, 6.45) is 0.331. The van der Waals surface area contributed by atoms with Gasteiger partial charge in [-0.15, -0.1) is 0 Å². The molecular formula is C20H21NO3. The molecule has 0 saturated carbocycles. The van der Waals surface area contributed by atoms with Crippen molar-refractivity contribution < 1.29 is 14.3 Å². The molecule has 4 nitrogen and oxygen atoms in total. The fourth-order valence-electron chi connectivity index (χ4n) is 3.46. The molecule has 4 heteroatoms. The number of hydrogen-bond acceptors (Lipinski definition) is 3. The molecule has 1 heterocycles. The topological polar surface area (TPSA) is 55.4 Å². The molecule has 0 bridgehead atoms. The van der Waals surface area contributed by atoms with Crippen LogP contribution in [0.15, 0.2) is 60.7 Å². The van der Waals surface area contributed by atoms with Crippen LogP contribution < -0.4 is 5.32 Å². The zero-order chi connectivity index (χ0) is 17.0. The number of hydrogen-bond donors (Lipinski definition) is 1. The van der Waals surface area contributed by atoms with Gasteiger partial charge in [0.25, 0.3) is 0 Å². The van der Waals surface area contributed by atoms with E-state index in [2.05, 4.69) is 5.32 Å². The maximum atomic E-state index is 12.9. The van der Waals surface area contributed by atoms with Crippen LogP contribution in [0, 0.1) is 5.41 Å². The molecule has 1 aliphatic rings. The Labute approximate surface area is 141 Å². The Morgan fingerprint density at radius 3 is 2.38 bits per heavy atom. The van der Waals surface area contributed by atoms with Crippen molar-refractivity contribution in [2.45, 2.75) is 19.3 Å². The van der Waals surface area contributed by atoms with Crippen molar-refractivity contribution in [2.75, 3.05) is 13.2 Å². The third-order valence-electron chi connectivity index (χ3n) is 4.63. The second-order valence-electron chi connectivity index (χ2n) is 6.03. The van der Waals surface area contributed by atoms with Gasteiger partial charge >= 0.3 is 5.97 Å². The molecule has 0 radical (unpaired) electrons. The number of benzene rings is 2. The first-order chi connectivity index (χ1) is 11.7. The smallest absolute Gasteiger partial charge is 0.322 e. The minimum Gasteiger partial charge on any atom is -0.465 e. The minimum atomic E-state index is -1.22. The van der Waals surface area contributed by atoms with Gasteiger partial charge < -0.3 is 10.1 Å². The van der Waals surface area contributed by atoms with Crippen LogP contribution in [0.2, 0.25) is 0 Å². The van der Waals surface area contributed by atoms with Crippen molar-refractivity contribution in [1.29, 1.82) is 0 Å². The molecule has 0 spiro atoms. The highest BCUT2D eigenvalue weighted by Gasteiger charge is 2.57. The van der Waals surface area contributed by atoms with Gasteiger partial charge in [0.2, 0.25) is 5.91 Å². The number of ether oxygens (including phenoxy) is 1. The first-order valence-corrected chi connectivity index (χ1v) is 8.23. The van der Waals surface area contributed by atoms with Crippen LogP contribution in [0.3, 0.4) is 0 Å². The van der Waals surface area contributed by atoms with Gasteiger partial charge in [0.15, 0.2) is 5.41 Å². The van der Waals surface area contributed by atoms with Crippen molar-refractivity contribution >= 4 is 11.9 Å². The van der Waals surface area contributed by atoms with E-state index in [-0.39, 0.29) is 18.4 Å². The van der Waals surface area contributed by atoms with Crippen molar-refractivity contribution in [3.05, 3.63) is 71.8 Å². The van der Waals surface area contributed by atoms with Gasteiger partial charge in [-0.1, -0.05) is 60.7 Å². The minimum absolute atomic E-state index is 0.245. The highest BCUT2D eigenvalue weighted by atomic mass is 16.5. The largest absolute Gasteiger partial charge is 0.465 e.